The Kier molecular flexibility index (Phi) is 6.65. The predicted octanol–water partition coefficient (Wildman–Crippen LogP) is 1.36. The van der Waals surface area contributed by atoms with Crippen LogP contribution in [0.2, 0.25) is 0 Å². The summed E-state index contributed by atoms with van der Waals surface area (Å²) in [7, 11) is 0. The molecule has 0 saturated carbocycles. The Morgan fingerprint density at radius 1 is 1.35 bits per heavy atom. The van der Waals surface area contributed by atoms with Gasteiger partial charge >= 0.3 is 0 Å². The fourth-order valence-electron chi connectivity index (χ4n) is 1.25. The summed E-state index contributed by atoms with van der Waals surface area (Å²) in [6, 6.07) is 4.36. The van der Waals surface area contributed by atoms with E-state index < -0.39 is 6.10 Å². The average molecular weight is 259 g/mol. The molecule has 4 nitrogen and oxygen atoms in total. The van der Waals surface area contributed by atoms with Crippen molar-refractivity contribution in [3.8, 4) is 0 Å². The van der Waals surface area contributed by atoms with E-state index >= 15 is 0 Å². The smallest absolute Gasteiger partial charge is 0.118 e. The zero-order valence-corrected chi connectivity index (χ0v) is 11.2. The molecule has 0 fully saturated rings. The molecule has 0 spiro atoms. The van der Waals surface area contributed by atoms with Gasteiger partial charge in [0, 0.05) is 11.8 Å². The minimum atomic E-state index is -0.642. The Morgan fingerprint density at radius 3 is 2.71 bits per heavy atom. The summed E-state index contributed by atoms with van der Waals surface area (Å²) in [5.41, 5.74) is 0. The van der Waals surface area contributed by atoms with Gasteiger partial charge in [-0.2, -0.15) is 11.8 Å². The van der Waals surface area contributed by atoms with Crippen LogP contribution in [-0.2, 0) is 12.3 Å². The van der Waals surface area contributed by atoms with Crippen molar-refractivity contribution >= 4 is 11.8 Å². The van der Waals surface area contributed by atoms with Crippen LogP contribution < -0.4 is 5.32 Å². The van der Waals surface area contributed by atoms with Crippen LogP contribution in [0.5, 0.6) is 0 Å². The average Bonchev–Trinajstić information content (AvgIpc) is 2.74. The van der Waals surface area contributed by atoms with Gasteiger partial charge in [0.25, 0.3) is 0 Å². The van der Waals surface area contributed by atoms with Crippen LogP contribution in [-0.4, -0.2) is 34.7 Å². The van der Waals surface area contributed by atoms with Crippen molar-refractivity contribution in [2.24, 2.45) is 0 Å². The maximum Gasteiger partial charge on any atom is 0.118 e. The molecule has 0 aromatic carbocycles. The third kappa shape index (κ3) is 6.12. The molecule has 0 radical (unpaired) electrons. The topological polar surface area (TPSA) is 65.6 Å². The molecule has 0 aliphatic heterocycles. The van der Waals surface area contributed by atoms with Crippen LogP contribution in [0.3, 0.4) is 0 Å². The SMILES string of the molecule is CC(C)NCc1ccc(CSCC(O)CO)o1. The molecule has 1 rings (SSSR count). The molecule has 0 bridgehead atoms. The maximum absolute atomic E-state index is 9.17. The van der Waals surface area contributed by atoms with Crippen LogP contribution in [0.15, 0.2) is 16.5 Å². The van der Waals surface area contributed by atoms with E-state index in [2.05, 4.69) is 19.2 Å². The first-order chi connectivity index (χ1) is 8.11. The molecule has 1 atom stereocenters. The lowest BCUT2D eigenvalue weighted by molar-refractivity contribution is 0.113. The van der Waals surface area contributed by atoms with E-state index in [1.165, 1.54) is 0 Å². The molecular weight excluding hydrogens is 238 g/mol. The third-order valence-electron chi connectivity index (χ3n) is 2.17. The van der Waals surface area contributed by atoms with Crippen molar-refractivity contribution in [3.05, 3.63) is 23.7 Å². The van der Waals surface area contributed by atoms with Gasteiger partial charge in [0.05, 0.1) is 25.0 Å². The maximum atomic E-state index is 9.17. The Hall–Kier alpha value is -0.490. The molecule has 98 valence electrons. The number of hydrogen-bond acceptors (Lipinski definition) is 5. The highest BCUT2D eigenvalue weighted by Gasteiger charge is 2.05. The summed E-state index contributed by atoms with van der Waals surface area (Å²) >= 11 is 1.55. The summed E-state index contributed by atoms with van der Waals surface area (Å²) in [5.74, 6) is 3.08. The molecule has 1 aromatic heterocycles. The van der Waals surface area contributed by atoms with Crippen molar-refractivity contribution in [1.82, 2.24) is 5.32 Å². The van der Waals surface area contributed by atoms with E-state index in [4.69, 9.17) is 9.52 Å². The fourth-order valence-corrected chi connectivity index (χ4v) is 2.10. The second-order valence-electron chi connectivity index (χ2n) is 4.26. The molecule has 0 aliphatic rings. The lowest BCUT2D eigenvalue weighted by Gasteiger charge is -2.06. The van der Waals surface area contributed by atoms with E-state index in [-0.39, 0.29) is 6.61 Å². The largest absolute Gasteiger partial charge is 0.464 e. The van der Waals surface area contributed by atoms with Crippen LogP contribution in [0, 0.1) is 0 Å². The lowest BCUT2D eigenvalue weighted by atomic mass is 10.3. The van der Waals surface area contributed by atoms with Crippen molar-refractivity contribution in [2.45, 2.75) is 38.3 Å². The normalized spacial score (nSPS) is 13.2. The highest BCUT2D eigenvalue weighted by Crippen LogP contribution is 2.16. The van der Waals surface area contributed by atoms with Gasteiger partial charge in [0.15, 0.2) is 0 Å². The standard InChI is InChI=1S/C12H21NO3S/c1-9(2)13-5-11-3-4-12(16-11)8-17-7-10(15)6-14/h3-4,9-10,13-15H,5-8H2,1-2H3. The van der Waals surface area contributed by atoms with E-state index in [1.807, 2.05) is 12.1 Å². The van der Waals surface area contributed by atoms with Gasteiger partial charge < -0.3 is 19.9 Å². The molecule has 3 N–H and O–H groups in total. The van der Waals surface area contributed by atoms with Crippen molar-refractivity contribution in [2.75, 3.05) is 12.4 Å². The molecule has 0 saturated heterocycles. The van der Waals surface area contributed by atoms with Gasteiger partial charge in [-0.1, -0.05) is 13.8 Å². The van der Waals surface area contributed by atoms with Gasteiger partial charge in [0.1, 0.15) is 11.5 Å². The first kappa shape index (κ1) is 14.6. The molecule has 0 amide bonds. The number of thioether (sulfide) groups is 1. The minimum Gasteiger partial charge on any atom is -0.464 e. The Morgan fingerprint density at radius 2 is 2.06 bits per heavy atom. The number of hydrogen-bond donors (Lipinski definition) is 3. The van der Waals surface area contributed by atoms with Gasteiger partial charge in [-0.15, -0.1) is 0 Å². The van der Waals surface area contributed by atoms with Crippen LogP contribution >= 0.6 is 11.8 Å². The monoisotopic (exact) mass is 259 g/mol. The highest BCUT2D eigenvalue weighted by molar-refractivity contribution is 7.98. The summed E-state index contributed by atoms with van der Waals surface area (Å²) < 4.78 is 5.62. The number of aliphatic hydroxyl groups excluding tert-OH is 2. The van der Waals surface area contributed by atoms with E-state index in [0.29, 0.717) is 11.8 Å². The second-order valence-corrected chi connectivity index (χ2v) is 5.29. The molecule has 1 heterocycles. The fraction of sp³-hybridized carbons (Fsp3) is 0.667. The number of nitrogens with one attached hydrogen (secondary N) is 1. The van der Waals surface area contributed by atoms with Gasteiger partial charge in [0.2, 0.25) is 0 Å². The van der Waals surface area contributed by atoms with E-state index in [1.54, 1.807) is 11.8 Å². The zero-order valence-electron chi connectivity index (χ0n) is 10.3. The number of furan rings is 1. The summed E-state index contributed by atoms with van der Waals surface area (Å²) in [5, 5.41) is 21.1. The van der Waals surface area contributed by atoms with Crippen molar-refractivity contribution in [1.29, 1.82) is 0 Å². The Labute approximate surface area is 106 Å². The van der Waals surface area contributed by atoms with Gasteiger partial charge in [-0.3, -0.25) is 0 Å². The van der Waals surface area contributed by atoms with Gasteiger partial charge in [-0.25, -0.2) is 0 Å². The molecule has 5 heteroatoms. The molecule has 0 aliphatic carbocycles. The third-order valence-corrected chi connectivity index (χ3v) is 3.28. The Bertz CT molecular complexity index is 314. The van der Waals surface area contributed by atoms with E-state index in [0.717, 1.165) is 23.8 Å². The predicted molar refractivity (Wildman–Crippen MR) is 69.9 cm³/mol. The molecule has 1 unspecified atom stereocenters. The lowest BCUT2D eigenvalue weighted by Crippen LogP contribution is -2.21. The quantitative estimate of drug-likeness (QED) is 0.658. The Balaban J connectivity index is 2.25. The number of aliphatic hydroxyl groups is 2. The summed E-state index contributed by atoms with van der Waals surface area (Å²) in [6.45, 7) is 4.74. The van der Waals surface area contributed by atoms with Crippen LogP contribution in [0.4, 0.5) is 0 Å². The zero-order chi connectivity index (χ0) is 12.7. The second kappa shape index (κ2) is 7.76. The van der Waals surface area contributed by atoms with Crippen LogP contribution in [0.1, 0.15) is 25.4 Å². The summed E-state index contributed by atoms with van der Waals surface area (Å²) in [4.78, 5) is 0. The summed E-state index contributed by atoms with van der Waals surface area (Å²) in [6.07, 6.45) is -0.642. The number of rotatable bonds is 8. The minimum absolute atomic E-state index is 0.186. The molecule has 17 heavy (non-hydrogen) atoms. The van der Waals surface area contributed by atoms with Crippen molar-refractivity contribution < 1.29 is 14.6 Å². The van der Waals surface area contributed by atoms with E-state index in [9.17, 15) is 5.11 Å². The van der Waals surface area contributed by atoms with Crippen LogP contribution in [0.25, 0.3) is 0 Å². The van der Waals surface area contributed by atoms with Crippen molar-refractivity contribution in [3.63, 3.8) is 0 Å². The molecule has 1 aromatic rings. The first-order valence-electron chi connectivity index (χ1n) is 5.79. The first-order valence-corrected chi connectivity index (χ1v) is 6.95. The highest BCUT2D eigenvalue weighted by atomic mass is 32.2. The molecular formula is C12H21NO3S. The van der Waals surface area contributed by atoms with Gasteiger partial charge in [-0.05, 0) is 12.1 Å².